The van der Waals surface area contributed by atoms with Crippen LogP contribution in [0.5, 0.6) is 5.75 Å². The van der Waals surface area contributed by atoms with Gasteiger partial charge in [0.05, 0.1) is 25.4 Å². The van der Waals surface area contributed by atoms with Crippen molar-refractivity contribution in [1.82, 2.24) is 9.78 Å². The molecule has 0 aliphatic rings. The zero-order valence-electron chi connectivity index (χ0n) is 10.5. The Labute approximate surface area is 110 Å². The van der Waals surface area contributed by atoms with Gasteiger partial charge in [-0.2, -0.15) is 5.10 Å². The highest BCUT2D eigenvalue weighted by Crippen LogP contribution is 2.17. The van der Waals surface area contributed by atoms with Gasteiger partial charge in [-0.25, -0.2) is 4.39 Å². The molecular formula is C15H13FN2O. The SMILES string of the molecule is COc1ccc(Cn2ncc3ccc(F)cc32)cc1. The Morgan fingerprint density at radius 3 is 2.68 bits per heavy atom. The molecule has 4 heteroatoms. The summed E-state index contributed by atoms with van der Waals surface area (Å²) in [7, 11) is 1.64. The minimum atomic E-state index is -0.246. The van der Waals surface area contributed by atoms with E-state index in [1.54, 1.807) is 24.1 Å². The van der Waals surface area contributed by atoms with E-state index in [0.29, 0.717) is 6.54 Å². The number of aromatic nitrogens is 2. The van der Waals surface area contributed by atoms with Crippen LogP contribution in [0.3, 0.4) is 0 Å². The van der Waals surface area contributed by atoms with E-state index in [1.807, 2.05) is 24.3 Å². The van der Waals surface area contributed by atoms with Gasteiger partial charge >= 0.3 is 0 Å². The van der Waals surface area contributed by atoms with Gasteiger partial charge in [0.1, 0.15) is 11.6 Å². The summed E-state index contributed by atoms with van der Waals surface area (Å²) >= 11 is 0. The molecule has 0 bridgehead atoms. The molecular weight excluding hydrogens is 243 g/mol. The van der Waals surface area contributed by atoms with E-state index in [4.69, 9.17) is 4.74 Å². The monoisotopic (exact) mass is 256 g/mol. The predicted octanol–water partition coefficient (Wildman–Crippen LogP) is 3.23. The molecule has 1 aromatic heterocycles. The van der Waals surface area contributed by atoms with E-state index in [1.165, 1.54) is 12.1 Å². The molecule has 0 unspecified atom stereocenters. The second kappa shape index (κ2) is 4.72. The standard InChI is InChI=1S/C15H13FN2O/c1-19-14-6-2-11(3-7-14)10-18-15-8-13(16)5-4-12(15)9-17-18/h2-9H,10H2,1H3. The minimum absolute atomic E-state index is 0.246. The average Bonchev–Trinajstić information content (AvgIpc) is 2.82. The molecule has 0 spiro atoms. The first-order valence-electron chi connectivity index (χ1n) is 6.00. The maximum absolute atomic E-state index is 13.3. The molecule has 3 nitrogen and oxygen atoms in total. The van der Waals surface area contributed by atoms with Gasteiger partial charge in [0.2, 0.25) is 0 Å². The molecule has 3 aromatic rings. The third kappa shape index (κ3) is 2.29. The first kappa shape index (κ1) is 11.7. The molecule has 0 amide bonds. The lowest BCUT2D eigenvalue weighted by atomic mass is 10.2. The van der Waals surface area contributed by atoms with Crippen LogP contribution in [0.25, 0.3) is 10.9 Å². The fraction of sp³-hybridized carbons (Fsp3) is 0.133. The first-order chi connectivity index (χ1) is 9.26. The number of benzene rings is 2. The van der Waals surface area contributed by atoms with Gasteiger partial charge in [-0.1, -0.05) is 12.1 Å². The van der Waals surface area contributed by atoms with E-state index < -0.39 is 0 Å². The van der Waals surface area contributed by atoms with E-state index >= 15 is 0 Å². The number of nitrogens with zero attached hydrogens (tertiary/aromatic N) is 2. The Morgan fingerprint density at radius 1 is 1.16 bits per heavy atom. The molecule has 2 aromatic carbocycles. The van der Waals surface area contributed by atoms with Crippen LogP contribution >= 0.6 is 0 Å². The Kier molecular flexibility index (Phi) is 2.91. The summed E-state index contributed by atoms with van der Waals surface area (Å²) in [6.07, 6.45) is 1.75. The molecule has 96 valence electrons. The lowest BCUT2D eigenvalue weighted by molar-refractivity contribution is 0.414. The molecule has 19 heavy (non-hydrogen) atoms. The van der Waals surface area contributed by atoms with Gasteiger partial charge in [-0.05, 0) is 35.9 Å². The lowest BCUT2D eigenvalue weighted by Crippen LogP contribution is -2.01. The van der Waals surface area contributed by atoms with E-state index in [2.05, 4.69) is 5.10 Å². The van der Waals surface area contributed by atoms with Crippen LogP contribution in [0.1, 0.15) is 5.56 Å². The topological polar surface area (TPSA) is 27.1 Å². The maximum Gasteiger partial charge on any atom is 0.125 e. The third-order valence-electron chi connectivity index (χ3n) is 3.10. The molecule has 0 fully saturated rings. The van der Waals surface area contributed by atoms with Gasteiger partial charge in [-0.15, -0.1) is 0 Å². The Morgan fingerprint density at radius 2 is 1.95 bits per heavy atom. The van der Waals surface area contributed by atoms with Crippen molar-refractivity contribution in [2.45, 2.75) is 6.54 Å². The van der Waals surface area contributed by atoms with Gasteiger partial charge in [0.15, 0.2) is 0 Å². The fourth-order valence-corrected chi connectivity index (χ4v) is 2.07. The number of rotatable bonds is 3. The highest BCUT2D eigenvalue weighted by molar-refractivity contribution is 5.78. The van der Waals surface area contributed by atoms with E-state index in [9.17, 15) is 4.39 Å². The van der Waals surface area contributed by atoms with Crippen molar-refractivity contribution in [2.75, 3.05) is 7.11 Å². The van der Waals surface area contributed by atoms with Crippen LogP contribution in [-0.2, 0) is 6.54 Å². The normalized spacial score (nSPS) is 10.8. The molecule has 0 saturated heterocycles. The summed E-state index contributed by atoms with van der Waals surface area (Å²) in [6, 6.07) is 12.5. The predicted molar refractivity (Wildman–Crippen MR) is 71.8 cm³/mol. The highest BCUT2D eigenvalue weighted by atomic mass is 19.1. The molecule has 1 heterocycles. The van der Waals surface area contributed by atoms with Gasteiger partial charge in [0, 0.05) is 5.39 Å². The quantitative estimate of drug-likeness (QED) is 0.719. The van der Waals surface area contributed by atoms with Crippen LogP contribution < -0.4 is 4.74 Å². The summed E-state index contributed by atoms with van der Waals surface area (Å²) < 4.78 is 20.2. The number of hydrogen-bond acceptors (Lipinski definition) is 2. The Balaban J connectivity index is 1.93. The third-order valence-corrected chi connectivity index (χ3v) is 3.10. The summed E-state index contributed by atoms with van der Waals surface area (Å²) in [5.41, 5.74) is 1.89. The van der Waals surface area contributed by atoms with Crippen LogP contribution in [0.15, 0.2) is 48.7 Å². The van der Waals surface area contributed by atoms with Crippen LogP contribution in [-0.4, -0.2) is 16.9 Å². The zero-order valence-corrected chi connectivity index (χ0v) is 10.5. The van der Waals surface area contributed by atoms with Crippen LogP contribution in [0, 0.1) is 5.82 Å². The molecule has 0 radical (unpaired) electrons. The highest BCUT2D eigenvalue weighted by Gasteiger charge is 2.04. The van der Waals surface area contributed by atoms with Gasteiger partial charge in [-0.3, -0.25) is 4.68 Å². The second-order valence-electron chi connectivity index (χ2n) is 4.35. The molecule has 0 aliphatic carbocycles. The molecule has 0 saturated carbocycles. The number of ether oxygens (including phenoxy) is 1. The Bertz CT molecular complexity index is 704. The molecule has 0 atom stereocenters. The maximum atomic E-state index is 13.3. The summed E-state index contributed by atoms with van der Waals surface area (Å²) in [6.45, 7) is 0.608. The van der Waals surface area contributed by atoms with Gasteiger partial charge in [0.25, 0.3) is 0 Å². The van der Waals surface area contributed by atoms with Crippen LogP contribution in [0.2, 0.25) is 0 Å². The van der Waals surface area contributed by atoms with Crippen molar-refractivity contribution in [3.63, 3.8) is 0 Å². The molecule has 0 N–H and O–H groups in total. The van der Waals surface area contributed by atoms with Crippen molar-refractivity contribution in [1.29, 1.82) is 0 Å². The molecule has 0 aliphatic heterocycles. The van der Waals surface area contributed by atoms with Crippen molar-refractivity contribution >= 4 is 10.9 Å². The summed E-state index contributed by atoms with van der Waals surface area (Å²) in [5, 5.41) is 5.23. The minimum Gasteiger partial charge on any atom is -0.497 e. The van der Waals surface area contributed by atoms with E-state index in [0.717, 1.165) is 22.2 Å². The smallest absolute Gasteiger partial charge is 0.125 e. The lowest BCUT2D eigenvalue weighted by Gasteiger charge is -2.05. The average molecular weight is 256 g/mol. The first-order valence-corrected chi connectivity index (χ1v) is 6.00. The summed E-state index contributed by atoms with van der Waals surface area (Å²) in [5.74, 6) is 0.573. The van der Waals surface area contributed by atoms with Crippen molar-refractivity contribution in [2.24, 2.45) is 0 Å². The number of fused-ring (bicyclic) bond motifs is 1. The zero-order chi connectivity index (χ0) is 13.2. The Hall–Kier alpha value is -2.36. The summed E-state index contributed by atoms with van der Waals surface area (Å²) in [4.78, 5) is 0. The van der Waals surface area contributed by atoms with E-state index in [-0.39, 0.29) is 5.82 Å². The van der Waals surface area contributed by atoms with Crippen molar-refractivity contribution < 1.29 is 9.13 Å². The van der Waals surface area contributed by atoms with Crippen molar-refractivity contribution in [3.8, 4) is 5.75 Å². The number of methoxy groups -OCH3 is 1. The largest absolute Gasteiger partial charge is 0.497 e. The second-order valence-corrected chi connectivity index (χ2v) is 4.35. The van der Waals surface area contributed by atoms with Crippen molar-refractivity contribution in [3.05, 3.63) is 60.0 Å². The van der Waals surface area contributed by atoms with Gasteiger partial charge < -0.3 is 4.74 Å². The number of halogens is 1. The molecule has 3 rings (SSSR count). The number of hydrogen-bond donors (Lipinski definition) is 0. The van der Waals surface area contributed by atoms with Crippen LogP contribution in [0.4, 0.5) is 4.39 Å². The fourth-order valence-electron chi connectivity index (χ4n) is 2.07.